The summed E-state index contributed by atoms with van der Waals surface area (Å²) >= 11 is 0. The van der Waals surface area contributed by atoms with Gasteiger partial charge in [-0.05, 0) is 36.2 Å². The molecule has 3 heterocycles. The highest BCUT2D eigenvalue weighted by Gasteiger charge is 2.21. The number of nitrogens with one attached hydrogen (secondary N) is 1. The number of phenols is 1. The molecule has 7 heteroatoms. The summed E-state index contributed by atoms with van der Waals surface area (Å²) < 4.78 is 15.7. The number of likely N-dealkylation sites (N-methyl/N-ethyl adjacent to an activating group) is 1. The van der Waals surface area contributed by atoms with Crippen molar-refractivity contribution in [1.82, 2.24) is 24.6 Å². The fraction of sp³-hybridized carbons (Fsp3) is 0.304. The van der Waals surface area contributed by atoms with Crippen molar-refractivity contribution >= 4 is 10.9 Å². The number of halogens is 1. The minimum absolute atomic E-state index is 0.275. The first-order chi connectivity index (χ1) is 14.6. The number of imidazole rings is 1. The van der Waals surface area contributed by atoms with Crippen LogP contribution in [0, 0.1) is 5.82 Å². The lowest BCUT2D eigenvalue weighted by Crippen LogP contribution is -2.30. The number of phenolic OH excluding ortho intramolecular Hbond substituents is 1. The summed E-state index contributed by atoms with van der Waals surface area (Å²) in [6.45, 7) is 6.99. The van der Waals surface area contributed by atoms with Gasteiger partial charge in [0, 0.05) is 30.5 Å². The van der Waals surface area contributed by atoms with E-state index in [2.05, 4.69) is 21.9 Å². The van der Waals surface area contributed by atoms with Crippen LogP contribution in [-0.4, -0.2) is 42.8 Å². The van der Waals surface area contributed by atoms with E-state index in [4.69, 9.17) is 4.98 Å². The van der Waals surface area contributed by atoms with E-state index in [0.29, 0.717) is 17.9 Å². The molecule has 30 heavy (non-hydrogen) atoms. The molecule has 0 saturated carbocycles. The molecule has 0 fully saturated rings. The highest BCUT2D eigenvalue weighted by Crippen LogP contribution is 2.34. The van der Waals surface area contributed by atoms with Gasteiger partial charge < -0.3 is 10.1 Å². The topological polar surface area (TPSA) is 70.0 Å². The zero-order chi connectivity index (χ0) is 20.8. The fourth-order valence-electron chi connectivity index (χ4n) is 4.30. The maximum absolute atomic E-state index is 13.8. The molecule has 0 spiro atoms. The van der Waals surface area contributed by atoms with E-state index in [1.165, 1.54) is 6.07 Å². The van der Waals surface area contributed by atoms with E-state index >= 15 is 0 Å². The normalized spacial score (nSPS) is 14.4. The van der Waals surface area contributed by atoms with Crippen molar-refractivity contribution in [3.05, 3.63) is 59.3 Å². The van der Waals surface area contributed by atoms with E-state index in [9.17, 15) is 9.50 Å². The number of nitrogens with zero attached hydrogens (tertiary/aromatic N) is 4. The molecule has 0 aliphatic carbocycles. The highest BCUT2D eigenvalue weighted by molar-refractivity contribution is 5.86. The van der Waals surface area contributed by atoms with Gasteiger partial charge in [-0.3, -0.25) is 4.90 Å². The molecule has 0 unspecified atom stereocenters. The number of hydrogen-bond donors (Lipinski definition) is 2. The zero-order valence-corrected chi connectivity index (χ0v) is 17.1. The average Bonchev–Trinajstić information content (AvgIpc) is 3.38. The minimum Gasteiger partial charge on any atom is -0.505 e. The molecule has 4 aromatic rings. The van der Waals surface area contributed by atoms with E-state index in [-0.39, 0.29) is 5.75 Å². The molecule has 0 saturated heterocycles. The zero-order valence-electron chi connectivity index (χ0n) is 17.1. The minimum atomic E-state index is -0.594. The van der Waals surface area contributed by atoms with Gasteiger partial charge in [-0.15, -0.1) is 0 Å². The van der Waals surface area contributed by atoms with Gasteiger partial charge in [-0.2, -0.15) is 9.78 Å². The first-order valence-electron chi connectivity index (χ1n) is 10.4. The summed E-state index contributed by atoms with van der Waals surface area (Å²) in [5.41, 5.74) is 5.50. The number of H-pyrrole nitrogens is 1. The van der Waals surface area contributed by atoms with E-state index in [1.807, 2.05) is 36.0 Å². The van der Waals surface area contributed by atoms with Crippen molar-refractivity contribution in [2.24, 2.45) is 0 Å². The summed E-state index contributed by atoms with van der Waals surface area (Å²) in [7, 11) is 0. The van der Waals surface area contributed by atoms with Crippen molar-refractivity contribution in [3.63, 3.8) is 0 Å². The van der Waals surface area contributed by atoms with Gasteiger partial charge in [-0.25, -0.2) is 9.37 Å². The summed E-state index contributed by atoms with van der Waals surface area (Å²) in [4.78, 5) is 10.6. The Labute approximate surface area is 174 Å². The summed E-state index contributed by atoms with van der Waals surface area (Å²) in [5.74, 6) is -0.158. The van der Waals surface area contributed by atoms with Crippen LogP contribution < -0.4 is 0 Å². The van der Waals surface area contributed by atoms with Crippen LogP contribution in [0.4, 0.5) is 4.39 Å². The van der Waals surface area contributed by atoms with Crippen LogP contribution in [0.5, 0.6) is 5.75 Å². The van der Waals surface area contributed by atoms with E-state index in [1.54, 1.807) is 6.07 Å². The number of rotatable bonds is 4. The Morgan fingerprint density at radius 3 is 2.87 bits per heavy atom. The molecule has 0 radical (unpaired) electrons. The van der Waals surface area contributed by atoms with Gasteiger partial charge >= 0.3 is 0 Å². The number of fused-ring (bicyclic) bond motifs is 2. The number of aromatic hydroxyl groups is 1. The molecule has 2 aromatic carbocycles. The molecule has 5 rings (SSSR count). The van der Waals surface area contributed by atoms with E-state index in [0.717, 1.165) is 59.5 Å². The molecule has 0 amide bonds. The third kappa shape index (κ3) is 2.97. The molecule has 1 aliphatic rings. The molecule has 154 valence electrons. The van der Waals surface area contributed by atoms with Crippen molar-refractivity contribution in [2.45, 2.75) is 33.2 Å². The second-order valence-corrected chi connectivity index (χ2v) is 7.71. The van der Waals surface area contributed by atoms with Crippen LogP contribution in [0.15, 0.2) is 36.5 Å². The maximum Gasteiger partial charge on any atom is 0.229 e. The van der Waals surface area contributed by atoms with Crippen molar-refractivity contribution in [3.8, 4) is 22.8 Å². The van der Waals surface area contributed by atoms with Crippen molar-refractivity contribution in [2.75, 3.05) is 13.1 Å². The van der Waals surface area contributed by atoms with Gasteiger partial charge in [0.25, 0.3) is 0 Å². The molecular weight excluding hydrogens is 381 g/mol. The Morgan fingerprint density at radius 1 is 1.20 bits per heavy atom. The standard InChI is InChI=1S/C23H24FN5O/c1-3-16-17(7-8-18(24)22(16)30)14-5-6-15-12-25-29(21(15)11-14)23-26-19-9-10-28(4-2)13-20(19)27-23/h5-8,11-12,30H,3-4,9-10,13H2,1-2H3,(H,26,27). The quantitative estimate of drug-likeness (QED) is 0.534. The lowest BCUT2D eigenvalue weighted by molar-refractivity contribution is 0.263. The number of benzene rings is 2. The SMILES string of the molecule is CCc1c(-c2ccc3cnn(-c4nc5c([nH]4)CN(CC)CC5)c3c2)ccc(F)c1O. The summed E-state index contributed by atoms with van der Waals surface area (Å²) in [5, 5.41) is 15.7. The smallest absolute Gasteiger partial charge is 0.229 e. The predicted molar refractivity (Wildman–Crippen MR) is 114 cm³/mol. The van der Waals surface area contributed by atoms with Crippen LogP contribution in [0.3, 0.4) is 0 Å². The molecule has 0 atom stereocenters. The van der Waals surface area contributed by atoms with Crippen molar-refractivity contribution in [1.29, 1.82) is 0 Å². The average molecular weight is 405 g/mol. The van der Waals surface area contributed by atoms with Gasteiger partial charge in [0.05, 0.1) is 23.1 Å². The third-order valence-electron chi connectivity index (χ3n) is 6.02. The predicted octanol–water partition coefficient (Wildman–Crippen LogP) is 4.20. The molecule has 2 aromatic heterocycles. The lowest BCUT2D eigenvalue weighted by Gasteiger charge is -2.23. The maximum atomic E-state index is 13.8. The molecule has 6 nitrogen and oxygen atoms in total. The molecule has 2 N–H and O–H groups in total. The fourth-order valence-corrected chi connectivity index (χ4v) is 4.30. The summed E-state index contributed by atoms with van der Waals surface area (Å²) in [6.07, 6.45) is 3.29. The monoisotopic (exact) mass is 405 g/mol. The largest absolute Gasteiger partial charge is 0.505 e. The first kappa shape index (κ1) is 18.8. The van der Waals surface area contributed by atoms with E-state index < -0.39 is 5.82 Å². The second-order valence-electron chi connectivity index (χ2n) is 7.71. The number of aromatic nitrogens is 4. The van der Waals surface area contributed by atoms with Crippen LogP contribution in [0.2, 0.25) is 0 Å². The third-order valence-corrected chi connectivity index (χ3v) is 6.02. The Bertz CT molecular complexity index is 1240. The van der Waals surface area contributed by atoms with Gasteiger partial charge in [-0.1, -0.05) is 32.0 Å². The Morgan fingerprint density at radius 2 is 2.07 bits per heavy atom. The van der Waals surface area contributed by atoms with Crippen LogP contribution in [0.1, 0.15) is 30.8 Å². The highest BCUT2D eigenvalue weighted by atomic mass is 19.1. The summed E-state index contributed by atoms with van der Waals surface area (Å²) in [6, 6.07) is 9.03. The van der Waals surface area contributed by atoms with Gasteiger partial charge in [0.15, 0.2) is 11.6 Å². The van der Waals surface area contributed by atoms with Crippen LogP contribution >= 0.6 is 0 Å². The second kappa shape index (κ2) is 7.25. The molecule has 1 aliphatic heterocycles. The van der Waals surface area contributed by atoms with Crippen LogP contribution in [-0.2, 0) is 19.4 Å². The lowest BCUT2D eigenvalue weighted by atomic mass is 9.96. The Hall–Kier alpha value is -3.19. The number of hydrogen-bond acceptors (Lipinski definition) is 4. The molecule has 0 bridgehead atoms. The first-order valence-corrected chi connectivity index (χ1v) is 10.4. The molecular formula is C23H24FN5O. The van der Waals surface area contributed by atoms with Gasteiger partial charge in [0.1, 0.15) is 0 Å². The Balaban J connectivity index is 1.60. The Kier molecular flexibility index (Phi) is 4.55. The van der Waals surface area contributed by atoms with Gasteiger partial charge in [0.2, 0.25) is 5.95 Å². The van der Waals surface area contributed by atoms with Crippen LogP contribution in [0.25, 0.3) is 28.0 Å². The number of aromatic amines is 1. The van der Waals surface area contributed by atoms with Crippen molar-refractivity contribution < 1.29 is 9.50 Å².